The zero-order chi connectivity index (χ0) is 15.5. The molecule has 2 aromatic carbocycles. The summed E-state index contributed by atoms with van der Waals surface area (Å²) < 4.78 is 40.3. The summed E-state index contributed by atoms with van der Waals surface area (Å²) in [4.78, 5) is 0. The Morgan fingerprint density at radius 2 is 1.81 bits per heavy atom. The van der Waals surface area contributed by atoms with E-state index in [9.17, 15) is 18.3 Å². The number of halogens is 4. The van der Waals surface area contributed by atoms with Crippen LogP contribution in [0.25, 0.3) is 0 Å². The second-order valence-electron chi connectivity index (χ2n) is 4.47. The number of rotatable bonds is 4. The summed E-state index contributed by atoms with van der Waals surface area (Å²) >= 11 is 5.85. The average molecular weight is 317 g/mol. The minimum Gasteiger partial charge on any atom is -0.406 e. The minimum absolute atomic E-state index is 0.246. The Balaban J connectivity index is 2.12. The van der Waals surface area contributed by atoms with Gasteiger partial charge in [-0.15, -0.1) is 13.2 Å². The molecule has 0 spiro atoms. The Kier molecular flexibility index (Phi) is 4.75. The van der Waals surface area contributed by atoms with Crippen molar-refractivity contribution >= 4 is 11.6 Å². The quantitative estimate of drug-likeness (QED) is 0.899. The van der Waals surface area contributed by atoms with E-state index in [-0.39, 0.29) is 12.2 Å². The molecule has 0 bridgehead atoms. The van der Waals surface area contributed by atoms with Gasteiger partial charge in [-0.3, -0.25) is 0 Å². The molecule has 2 aromatic rings. The van der Waals surface area contributed by atoms with Crippen LogP contribution in [-0.4, -0.2) is 11.5 Å². The molecule has 6 heteroatoms. The summed E-state index contributed by atoms with van der Waals surface area (Å²) in [7, 11) is 0. The molecule has 2 rings (SSSR count). The Labute approximate surface area is 124 Å². The van der Waals surface area contributed by atoms with Gasteiger partial charge in [0.1, 0.15) is 5.75 Å². The van der Waals surface area contributed by atoms with Crippen molar-refractivity contribution in [1.82, 2.24) is 0 Å². The molecule has 0 aromatic heterocycles. The normalized spacial score (nSPS) is 13.0. The highest BCUT2D eigenvalue weighted by Crippen LogP contribution is 2.27. The molecule has 0 saturated heterocycles. The van der Waals surface area contributed by atoms with Crippen molar-refractivity contribution in [2.75, 3.05) is 0 Å². The molecule has 0 heterocycles. The molecule has 1 atom stereocenters. The summed E-state index contributed by atoms with van der Waals surface area (Å²) in [6.07, 6.45) is -5.45. The third-order valence-electron chi connectivity index (χ3n) is 2.79. The van der Waals surface area contributed by atoms with E-state index in [4.69, 9.17) is 11.6 Å². The predicted octanol–water partition coefficient (Wildman–Crippen LogP) is 4.51. The van der Waals surface area contributed by atoms with Crippen molar-refractivity contribution in [3.05, 3.63) is 64.7 Å². The molecule has 0 aliphatic carbocycles. The van der Waals surface area contributed by atoms with Crippen LogP contribution in [0, 0.1) is 0 Å². The van der Waals surface area contributed by atoms with Gasteiger partial charge >= 0.3 is 6.36 Å². The summed E-state index contributed by atoms with van der Waals surface area (Å²) in [6.45, 7) is 0. The van der Waals surface area contributed by atoms with E-state index < -0.39 is 12.5 Å². The van der Waals surface area contributed by atoms with Gasteiger partial charge < -0.3 is 9.84 Å². The fraction of sp³-hybridized carbons (Fsp3) is 0.200. The second-order valence-corrected chi connectivity index (χ2v) is 4.91. The first-order valence-electron chi connectivity index (χ1n) is 6.12. The smallest absolute Gasteiger partial charge is 0.406 e. The van der Waals surface area contributed by atoms with Gasteiger partial charge in [-0.05, 0) is 35.4 Å². The Hall–Kier alpha value is -1.72. The first-order chi connectivity index (χ1) is 9.83. The first kappa shape index (κ1) is 15.7. The van der Waals surface area contributed by atoms with Gasteiger partial charge in [-0.25, -0.2) is 0 Å². The van der Waals surface area contributed by atoms with Crippen LogP contribution in [0.5, 0.6) is 5.75 Å². The molecular weight excluding hydrogens is 305 g/mol. The molecule has 112 valence electrons. The molecule has 0 saturated carbocycles. The lowest BCUT2D eigenvalue weighted by Crippen LogP contribution is -2.17. The Morgan fingerprint density at radius 1 is 1.10 bits per heavy atom. The molecule has 0 fully saturated rings. The van der Waals surface area contributed by atoms with Gasteiger partial charge in [0.15, 0.2) is 0 Å². The molecular formula is C15H12ClF3O2. The lowest BCUT2D eigenvalue weighted by molar-refractivity contribution is -0.274. The monoisotopic (exact) mass is 316 g/mol. The summed E-state index contributed by atoms with van der Waals surface area (Å²) in [5.41, 5.74) is 1.13. The lowest BCUT2D eigenvalue weighted by atomic mass is 10.0. The Bertz CT molecular complexity index is 614. The van der Waals surface area contributed by atoms with Crippen LogP contribution in [0.4, 0.5) is 13.2 Å². The van der Waals surface area contributed by atoms with E-state index in [1.54, 1.807) is 30.3 Å². The van der Waals surface area contributed by atoms with Crippen molar-refractivity contribution in [3.8, 4) is 5.75 Å². The largest absolute Gasteiger partial charge is 0.573 e. The first-order valence-corrected chi connectivity index (χ1v) is 6.49. The SMILES string of the molecule is OC(Cc1cccc(Cl)c1)c1cccc(OC(F)(F)F)c1. The molecule has 0 amide bonds. The van der Waals surface area contributed by atoms with E-state index in [0.717, 1.165) is 5.56 Å². The number of ether oxygens (including phenoxy) is 1. The third kappa shape index (κ3) is 4.95. The zero-order valence-electron chi connectivity index (χ0n) is 10.8. The molecule has 0 aliphatic heterocycles. The predicted molar refractivity (Wildman–Crippen MR) is 73.2 cm³/mol. The minimum atomic E-state index is -4.75. The van der Waals surface area contributed by atoms with E-state index >= 15 is 0 Å². The summed E-state index contributed by atoms with van der Waals surface area (Å²) in [6, 6.07) is 12.2. The maximum absolute atomic E-state index is 12.2. The van der Waals surface area contributed by atoms with Crippen LogP contribution >= 0.6 is 11.6 Å². The van der Waals surface area contributed by atoms with Crippen molar-refractivity contribution in [1.29, 1.82) is 0 Å². The standard InChI is InChI=1S/C15H12ClF3O2/c16-12-5-1-3-10(7-12)8-14(20)11-4-2-6-13(9-11)21-15(17,18)19/h1-7,9,14,20H,8H2. The van der Waals surface area contributed by atoms with Crippen LogP contribution < -0.4 is 4.74 Å². The van der Waals surface area contributed by atoms with Crippen molar-refractivity contribution in [2.24, 2.45) is 0 Å². The van der Waals surface area contributed by atoms with E-state index in [1.165, 1.54) is 18.2 Å². The second kappa shape index (κ2) is 6.37. The van der Waals surface area contributed by atoms with E-state index in [1.807, 2.05) is 0 Å². The third-order valence-corrected chi connectivity index (χ3v) is 3.03. The highest BCUT2D eigenvalue weighted by molar-refractivity contribution is 6.30. The maximum Gasteiger partial charge on any atom is 0.573 e. The molecule has 0 radical (unpaired) electrons. The zero-order valence-corrected chi connectivity index (χ0v) is 11.5. The lowest BCUT2D eigenvalue weighted by Gasteiger charge is -2.14. The molecule has 1 N–H and O–H groups in total. The van der Waals surface area contributed by atoms with E-state index in [0.29, 0.717) is 10.6 Å². The van der Waals surface area contributed by atoms with E-state index in [2.05, 4.69) is 4.74 Å². The van der Waals surface area contributed by atoms with Gasteiger partial charge in [0.05, 0.1) is 6.10 Å². The highest BCUT2D eigenvalue weighted by Gasteiger charge is 2.31. The average Bonchev–Trinajstić information content (AvgIpc) is 2.37. The van der Waals surface area contributed by atoms with Crippen LogP contribution in [-0.2, 0) is 6.42 Å². The van der Waals surface area contributed by atoms with Crippen LogP contribution in [0.15, 0.2) is 48.5 Å². The Morgan fingerprint density at radius 3 is 2.48 bits per heavy atom. The molecule has 0 aliphatic rings. The highest BCUT2D eigenvalue weighted by atomic mass is 35.5. The summed E-state index contributed by atoms with van der Waals surface area (Å²) in [5, 5.41) is 10.6. The van der Waals surface area contributed by atoms with Gasteiger partial charge in [0, 0.05) is 11.4 Å². The van der Waals surface area contributed by atoms with Gasteiger partial charge in [0.25, 0.3) is 0 Å². The molecule has 1 unspecified atom stereocenters. The van der Waals surface area contributed by atoms with Gasteiger partial charge in [-0.2, -0.15) is 0 Å². The van der Waals surface area contributed by atoms with Gasteiger partial charge in [0.2, 0.25) is 0 Å². The van der Waals surface area contributed by atoms with Crippen molar-refractivity contribution < 1.29 is 23.0 Å². The van der Waals surface area contributed by atoms with Crippen LogP contribution in [0.3, 0.4) is 0 Å². The number of benzene rings is 2. The number of hydrogen-bond acceptors (Lipinski definition) is 2. The molecule has 2 nitrogen and oxygen atoms in total. The van der Waals surface area contributed by atoms with Crippen LogP contribution in [0.1, 0.15) is 17.2 Å². The van der Waals surface area contributed by atoms with Crippen LogP contribution in [0.2, 0.25) is 5.02 Å². The topological polar surface area (TPSA) is 29.5 Å². The number of alkyl halides is 3. The van der Waals surface area contributed by atoms with Crippen molar-refractivity contribution in [3.63, 3.8) is 0 Å². The fourth-order valence-electron chi connectivity index (χ4n) is 1.92. The molecule has 21 heavy (non-hydrogen) atoms. The fourth-order valence-corrected chi connectivity index (χ4v) is 2.14. The number of aliphatic hydroxyl groups is 1. The summed E-state index contributed by atoms with van der Waals surface area (Å²) in [5.74, 6) is -0.356. The van der Waals surface area contributed by atoms with Crippen molar-refractivity contribution in [2.45, 2.75) is 18.9 Å². The number of aliphatic hydroxyl groups excluding tert-OH is 1. The number of hydrogen-bond donors (Lipinski definition) is 1. The van der Waals surface area contributed by atoms with Gasteiger partial charge in [-0.1, -0.05) is 35.9 Å². The maximum atomic E-state index is 12.2.